The predicted octanol–water partition coefficient (Wildman–Crippen LogP) is 5.59. The maximum atomic E-state index is 14.2. The van der Waals surface area contributed by atoms with Gasteiger partial charge in [0.05, 0.1) is 16.3 Å². The maximum Gasteiger partial charge on any atom is 0.418 e. The number of carbonyl (C=O) groups excluding carboxylic acids is 3. The summed E-state index contributed by atoms with van der Waals surface area (Å²) >= 11 is 6.31. The summed E-state index contributed by atoms with van der Waals surface area (Å²) in [5.74, 6) is -0.500. The Bertz CT molecular complexity index is 1650. The molecule has 3 atom stereocenters. The number of likely N-dealkylation sites (tertiary alicyclic amines) is 1. The number of amides is 3. The number of piperazine rings is 1. The van der Waals surface area contributed by atoms with Crippen LogP contribution in [0.4, 0.5) is 29.3 Å². The van der Waals surface area contributed by atoms with Crippen LogP contribution in [0.25, 0.3) is 0 Å². The van der Waals surface area contributed by atoms with Crippen molar-refractivity contribution in [3.05, 3.63) is 58.1 Å². The van der Waals surface area contributed by atoms with Crippen LogP contribution in [0.15, 0.2) is 36.4 Å². The molecule has 4 fully saturated rings. The van der Waals surface area contributed by atoms with Crippen LogP contribution < -0.4 is 10.6 Å². The zero-order valence-corrected chi connectivity index (χ0v) is 29.9. The van der Waals surface area contributed by atoms with Crippen LogP contribution in [0.2, 0.25) is 5.02 Å². The number of fused-ring (bicyclic) bond motifs is 4. The summed E-state index contributed by atoms with van der Waals surface area (Å²) in [6.07, 6.45) is -0.980. The van der Waals surface area contributed by atoms with E-state index < -0.39 is 35.3 Å². The Morgan fingerprint density at radius 2 is 1.67 bits per heavy atom. The number of para-hydroxylation sites is 1. The first kappa shape index (κ1) is 35.8. The number of piperidine rings is 2. The smallest absolute Gasteiger partial charge is 0.418 e. The van der Waals surface area contributed by atoms with Crippen LogP contribution >= 0.6 is 11.6 Å². The third-order valence-corrected chi connectivity index (χ3v) is 12.4. The number of nitrogens with one attached hydrogen (secondary N) is 2. The van der Waals surface area contributed by atoms with Gasteiger partial charge in [0, 0.05) is 88.4 Å². The molecular weight excluding hydrogens is 685 g/mol. The van der Waals surface area contributed by atoms with Crippen molar-refractivity contribution in [2.75, 3.05) is 64.0 Å². The summed E-state index contributed by atoms with van der Waals surface area (Å²) < 4.78 is 48.2. The Kier molecular flexibility index (Phi) is 9.92. The number of benzene rings is 2. The van der Waals surface area contributed by atoms with E-state index in [1.54, 1.807) is 4.90 Å². The van der Waals surface area contributed by atoms with Gasteiger partial charge in [-0.05, 0) is 74.9 Å². The zero-order valence-electron chi connectivity index (χ0n) is 29.1. The van der Waals surface area contributed by atoms with Crippen LogP contribution in [0, 0.1) is 0 Å². The fourth-order valence-corrected chi connectivity index (χ4v) is 9.59. The molecule has 2 bridgehead atoms. The highest BCUT2D eigenvalue weighted by molar-refractivity contribution is 6.33. The number of ether oxygens (including phenoxy) is 1. The molecule has 1 spiro atoms. The van der Waals surface area contributed by atoms with Crippen LogP contribution in [0.5, 0.6) is 0 Å². The minimum absolute atomic E-state index is 0.0696. The van der Waals surface area contributed by atoms with Gasteiger partial charge >= 0.3 is 12.3 Å². The number of halogens is 4. The van der Waals surface area contributed by atoms with Gasteiger partial charge in [-0.2, -0.15) is 13.2 Å². The highest BCUT2D eigenvalue weighted by atomic mass is 35.5. The Hall–Kier alpha value is -3.55. The lowest BCUT2D eigenvalue weighted by molar-refractivity contribution is -0.143. The van der Waals surface area contributed by atoms with Crippen LogP contribution in [0.1, 0.15) is 61.6 Å². The summed E-state index contributed by atoms with van der Waals surface area (Å²) in [5, 5.41) is 5.32. The SMILES string of the molecule is CNc1c(Cl)cc(C[C@@H](OC(=O)N2CCC3(CC2)CC(=O)Nc2ccccc23)C(=O)N2CCN(C3CC4CCC(C3)N4C)CC2)cc1C(F)(F)F. The van der Waals surface area contributed by atoms with E-state index in [4.69, 9.17) is 16.3 Å². The normalized spacial score (nSPS) is 25.7. The van der Waals surface area contributed by atoms with Gasteiger partial charge < -0.3 is 30.1 Å². The summed E-state index contributed by atoms with van der Waals surface area (Å²) in [6, 6.07) is 11.7. The minimum atomic E-state index is -4.70. The molecule has 2 aromatic carbocycles. The largest absolute Gasteiger partial charge is 0.436 e. The molecule has 3 amide bonds. The van der Waals surface area contributed by atoms with E-state index in [-0.39, 0.29) is 28.6 Å². The van der Waals surface area contributed by atoms with E-state index >= 15 is 0 Å². The van der Waals surface area contributed by atoms with Gasteiger partial charge in [-0.1, -0.05) is 29.8 Å². The molecule has 10 nitrogen and oxygen atoms in total. The Morgan fingerprint density at radius 3 is 2.31 bits per heavy atom. The summed E-state index contributed by atoms with van der Waals surface area (Å²) in [7, 11) is 3.57. The van der Waals surface area contributed by atoms with E-state index in [1.807, 2.05) is 24.3 Å². The number of nitrogens with zero attached hydrogens (tertiary/aromatic N) is 4. The summed E-state index contributed by atoms with van der Waals surface area (Å²) in [5.41, 5.74) is 0.327. The molecular formula is C37H46ClF3N6O4. The molecule has 2 N–H and O–H groups in total. The number of alkyl halides is 3. The van der Waals surface area contributed by atoms with E-state index in [0.29, 0.717) is 76.7 Å². The lowest BCUT2D eigenvalue weighted by atomic mass is 9.68. The fraction of sp³-hybridized carbons (Fsp3) is 0.595. The third-order valence-electron chi connectivity index (χ3n) is 12.1. The highest BCUT2D eigenvalue weighted by Gasteiger charge is 2.45. The fourth-order valence-electron chi connectivity index (χ4n) is 9.26. The molecule has 14 heteroatoms. The second kappa shape index (κ2) is 14.1. The lowest BCUT2D eigenvalue weighted by Gasteiger charge is -2.45. The van der Waals surface area contributed by atoms with Gasteiger partial charge in [0.15, 0.2) is 6.10 Å². The molecule has 51 heavy (non-hydrogen) atoms. The number of rotatable bonds is 6. The third kappa shape index (κ3) is 7.13. The topological polar surface area (TPSA) is 97.5 Å². The van der Waals surface area contributed by atoms with Crippen molar-refractivity contribution in [3.8, 4) is 0 Å². The van der Waals surface area contributed by atoms with Crippen molar-refractivity contribution < 1.29 is 32.3 Å². The lowest BCUT2D eigenvalue weighted by Crippen LogP contribution is -2.57. The van der Waals surface area contributed by atoms with Crippen molar-refractivity contribution in [1.29, 1.82) is 0 Å². The van der Waals surface area contributed by atoms with E-state index in [2.05, 4.69) is 27.5 Å². The highest BCUT2D eigenvalue weighted by Crippen LogP contribution is 2.45. The Labute approximate surface area is 301 Å². The van der Waals surface area contributed by atoms with Gasteiger partial charge in [-0.15, -0.1) is 0 Å². The van der Waals surface area contributed by atoms with Crippen LogP contribution in [-0.4, -0.2) is 115 Å². The van der Waals surface area contributed by atoms with Gasteiger partial charge in [0.2, 0.25) is 5.91 Å². The minimum Gasteiger partial charge on any atom is -0.436 e. The first-order valence-electron chi connectivity index (χ1n) is 18.0. The molecule has 0 saturated carbocycles. The first-order valence-corrected chi connectivity index (χ1v) is 18.4. The molecule has 5 aliphatic heterocycles. The van der Waals surface area contributed by atoms with E-state index in [9.17, 15) is 27.6 Å². The van der Waals surface area contributed by atoms with Crippen molar-refractivity contribution in [2.45, 2.75) is 87.2 Å². The average molecular weight is 731 g/mol. The molecule has 0 aliphatic carbocycles. The quantitative estimate of drug-likeness (QED) is 0.400. The molecule has 7 rings (SSSR count). The van der Waals surface area contributed by atoms with Crippen molar-refractivity contribution in [3.63, 3.8) is 0 Å². The second-order valence-electron chi connectivity index (χ2n) is 14.9. The zero-order chi connectivity index (χ0) is 36.1. The molecule has 5 aliphatic rings. The molecule has 276 valence electrons. The van der Waals surface area contributed by atoms with Crippen molar-refractivity contribution in [1.82, 2.24) is 19.6 Å². The number of anilines is 2. The van der Waals surface area contributed by atoms with Gasteiger partial charge in [-0.3, -0.25) is 14.5 Å². The van der Waals surface area contributed by atoms with Gasteiger partial charge in [0.25, 0.3) is 5.91 Å². The summed E-state index contributed by atoms with van der Waals surface area (Å²) in [6.45, 7) is 2.86. The van der Waals surface area contributed by atoms with Crippen LogP contribution in [0.3, 0.4) is 0 Å². The predicted molar refractivity (Wildman–Crippen MR) is 188 cm³/mol. The van der Waals surface area contributed by atoms with Crippen molar-refractivity contribution >= 4 is 40.9 Å². The number of hydrogen-bond donors (Lipinski definition) is 2. The second-order valence-corrected chi connectivity index (χ2v) is 15.3. The standard InChI is InChI=1S/C37H46ClF3N6O4/c1-42-33-28(37(39,40)41)17-23(18-29(33)38)19-31(34(49)46-15-13-45(14-16-46)26-20-24-7-8-25(21-26)44(24)2)51-35(50)47-11-9-36(10-12-47)22-32(48)43-30-6-4-3-5-27(30)36/h3-6,17-18,24-26,31,42H,7-16,19-22H2,1-2H3,(H,43,48)/t24?,25?,26?,31-/m1/s1. The van der Waals surface area contributed by atoms with E-state index in [1.165, 1.54) is 30.9 Å². The molecule has 0 radical (unpaired) electrons. The van der Waals surface area contributed by atoms with Crippen LogP contribution in [-0.2, 0) is 32.3 Å². The molecule has 5 heterocycles. The average Bonchev–Trinajstić information content (AvgIpc) is 3.29. The monoisotopic (exact) mass is 730 g/mol. The first-order chi connectivity index (χ1) is 24.3. The van der Waals surface area contributed by atoms with E-state index in [0.717, 1.165) is 30.2 Å². The number of hydrogen-bond acceptors (Lipinski definition) is 7. The maximum absolute atomic E-state index is 14.2. The molecule has 0 aromatic heterocycles. The molecule has 4 saturated heterocycles. The summed E-state index contributed by atoms with van der Waals surface area (Å²) in [4.78, 5) is 48.7. The Morgan fingerprint density at radius 1 is 1.00 bits per heavy atom. The number of carbonyl (C=O) groups is 3. The molecule has 2 aromatic rings. The molecule has 2 unspecified atom stereocenters. The van der Waals surface area contributed by atoms with Crippen molar-refractivity contribution in [2.24, 2.45) is 0 Å². The Balaban J connectivity index is 1.07. The van der Waals surface area contributed by atoms with Gasteiger partial charge in [-0.25, -0.2) is 4.79 Å². The van der Waals surface area contributed by atoms with Gasteiger partial charge in [0.1, 0.15) is 0 Å².